The van der Waals surface area contributed by atoms with Gasteiger partial charge in [0.05, 0.1) is 12.2 Å². The predicted molar refractivity (Wildman–Crippen MR) is 116 cm³/mol. The zero-order valence-electron chi connectivity index (χ0n) is 16.1. The van der Waals surface area contributed by atoms with Gasteiger partial charge in [0.15, 0.2) is 5.11 Å². The summed E-state index contributed by atoms with van der Waals surface area (Å²) in [6.45, 7) is 4.13. The van der Waals surface area contributed by atoms with E-state index in [-0.39, 0.29) is 16.9 Å². The lowest BCUT2D eigenvalue weighted by Gasteiger charge is -2.13. The van der Waals surface area contributed by atoms with Crippen molar-refractivity contribution in [2.45, 2.75) is 33.1 Å². The van der Waals surface area contributed by atoms with Crippen LogP contribution in [0.4, 0.5) is 11.4 Å². The smallest absolute Gasteiger partial charge is 0.261 e. The van der Waals surface area contributed by atoms with Gasteiger partial charge in [-0.2, -0.15) is 0 Å². The molecule has 0 radical (unpaired) electrons. The van der Waals surface area contributed by atoms with Crippen molar-refractivity contribution in [3.63, 3.8) is 0 Å². The summed E-state index contributed by atoms with van der Waals surface area (Å²) >= 11 is 5.24. The number of nitrogens with one attached hydrogen (secondary N) is 3. The number of hydrogen-bond donors (Lipinski definition) is 3. The standard InChI is InChI=1S/C21H25N3O3S/c1-3-4-7-13-27-19-12-6-5-11-18(19)20(26)24-21(28)23-17-10-8-9-16(14-17)22-15(2)25/h5-6,8-12,14H,3-4,7,13H2,1-2H3,(H,22,25)(H2,23,24,26,28). The maximum absolute atomic E-state index is 12.6. The number of benzene rings is 2. The number of unbranched alkanes of at least 4 members (excludes halogenated alkanes) is 2. The van der Waals surface area contributed by atoms with E-state index in [1.807, 2.05) is 6.07 Å². The molecular formula is C21H25N3O3S. The molecule has 0 bridgehead atoms. The number of anilines is 2. The Bertz CT molecular complexity index is 839. The summed E-state index contributed by atoms with van der Waals surface area (Å²) in [6, 6.07) is 14.1. The number of para-hydroxylation sites is 1. The average molecular weight is 400 g/mol. The van der Waals surface area contributed by atoms with Crippen molar-refractivity contribution >= 4 is 40.5 Å². The third-order valence-electron chi connectivity index (χ3n) is 3.81. The third kappa shape index (κ3) is 7.00. The quantitative estimate of drug-likeness (QED) is 0.454. The molecule has 0 unspecified atom stereocenters. The van der Waals surface area contributed by atoms with E-state index in [1.165, 1.54) is 6.92 Å². The second-order valence-corrected chi connectivity index (χ2v) is 6.63. The lowest BCUT2D eigenvalue weighted by molar-refractivity contribution is -0.114. The van der Waals surface area contributed by atoms with Crippen molar-refractivity contribution in [2.24, 2.45) is 0 Å². The van der Waals surface area contributed by atoms with E-state index in [4.69, 9.17) is 17.0 Å². The van der Waals surface area contributed by atoms with E-state index in [9.17, 15) is 9.59 Å². The summed E-state index contributed by atoms with van der Waals surface area (Å²) in [5.41, 5.74) is 1.72. The van der Waals surface area contributed by atoms with Crippen LogP contribution in [0.15, 0.2) is 48.5 Å². The molecule has 2 rings (SSSR count). The molecule has 0 aliphatic heterocycles. The van der Waals surface area contributed by atoms with Crippen LogP contribution >= 0.6 is 12.2 Å². The molecular weight excluding hydrogens is 374 g/mol. The molecule has 0 heterocycles. The molecule has 0 spiro atoms. The summed E-state index contributed by atoms with van der Waals surface area (Å²) in [4.78, 5) is 23.8. The third-order valence-corrected chi connectivity index (χ3v) is 4.01. The van der Waals surface area contributed by atoms with Gasteiger partial charge in [0.1, 0.15) is 5.75 Å². The molecule has 0 atom stereocenters. The molecule has 6 nitrogen and oxygen atoms in total. The average Bonchev–Trinajstić information content (AvgIpc) is 2.65. The van der Waals surface area contributed by atoms with E-state index in [0.29, 0.717) is 29.3 Å². The largest absolute Gasteiger partial charge is 0.493 e. The number of amides is 2. The molecule has 7 heteroatoms. The highest BCUT2D eigenvalue weighted by molar-refractivity contribution is 7.80. The van der Waals surface area contributed by atoms with Crippen molar-refractivity contribution < 1.29 is 14.3 Å². The van der Waals surface area contributed by atoms with Crippen LogP contribution in [-0.2, 0) is 4.79 Å². The molecule has 148 valence electrons. The molecule has 2 aromatic rings. The second-order valence-electron chi connectivity index (χ2n) is 6.22. The van der Waals surface area contributed by atoms with Crippen molar-refractivity contribution in [1.82, 2.24) is 5.32 Å². The van der Waals surface area contributed by atoms with Crippen LogP contribution in [0.1, 0.15) is 43.5 Å². The molecule has 0 saturated heterocycles. The first-order valence-corrected chi connectivity index (χ1v) is 9.62. The Morgan fingerprint density at radius 1 is 1.00 bits per heavy atom. The minimum Gasteiger partial charge on any atom is -0.493 e. The Kier molecular flexibility index (Phi) is 8.42. The first kappa shape index (κ1) is 21.4. The SMILES string of the molecule is CCCCCOc1ccccc1C(=O)NC(=S)Nc1cccc(NC(C)=O)c1. The summed E-state index contributed by atoms with van der Waals surface area (Å²) < 4.78 is 5.75. The number of hydrogen-bond acceptors (Lipinski definition) is 4. The number of carbonyl (C=O) groups excluding carboxylic acids is 2. The van der Waals surface area contributed by atoms with Crippen LogP contribution in [0.5, 0.6) is 5.75 Å². The van der Waals surface area contributed by atoms with Gasteiger partial charge < -0.3 is 15.4 Å². The minimum absolute atomic E-state index is 0.158. The lowest BCUT2D eigenvalue weighted by Crippen LogP contribution is -2.34. The topological polar surface area (TPSA) is 79.5 Å². The van der Waals surface area contributed by atoms with Gasteiger partial charge in [-0.15, -0.1) is 0 Å². The van der Waals surface area contributed by atoms with Gasteiger partial charge in [-0.1, -0.05) is 38.0 Å². The maximum atomic E-state index is 12.6. The zero-order valence-corrected chi connectivity index (χ0v) is 16.9. The highest BCUT2D eigenvalue weighted by Gasteiger charge is 2.13. The summed E-state index contributed by atoms with van der Waals surface area (Å²) in [5, 5.41) is 8.46. The molecule has 0 fully saturated rings. The van der Waals surface area contributed by atoms with Crippen LogP contribution in [-0.4, -0.2) is 23.5 Å². The van der Waals surface area contributed by atoms with E-state index in [2.05, 4.69) is 22.9 Å². The molecule has 3 N–H and O–H groups in total. The number of ether oxygens (including phenoxy) is 1. The highest BCUT2D eigenvalue weighted by atomic mass is 32.1. The molecule has 0 aliphatic rings. The van der Waals surface area contributed by atoms with E-state index in [1.54, 1.807) is 42.5 Å². The fourth-order valence-corrected chi connectivity index (χ4v) is 2.74. The Morgan fingerprint density at radius 2 is 1.71 bits per heavy atom. The molecule has 0 aromatic heterocycles. The van der Waals surface area contributed by atoms with E-state index in [0.717, 1.165) is 19.3 Å². The fourth-order valence-electron chi connectivity index (χ4n) is 2.53. The molecule has 0 saturated carbocycles. The van der Waals surface area contributed by atoms with Gasteiger partial charge in [-0.25, -0.2) is 0 Å². The molecule has 28 heavy (non-hydrogen) atoms. The normalized spacial score (nSPS) is 10.1. The van der Waals surface area contributed by atoms with Crippen molar-refractivity contribution in [3.05, 3.63) is 54.1 Å². The van der Waals surface area contributed by atoms with Gasteiger partial charge in [0, 0.05) is 18.3 Å². The monoisotopic (exact) mass is 399 g/mol. The number of thiocarbonyl (C=S) groups is 1. The highest BCUT2D eigenvalue weighted by Crippen LogP contribution is 2.19. The van der Waals surface area contributed by atoms with Crippen LogP contribution < -0.4 is 20.7 Å². The Morgan fingerprint density at radius 3 is 2.43 bits per heavy atom. The van der Waals surface area contributed by atoms with Gasteiger partial charge in [-0.05, 0) is 49.0 Å². The maximum Gasteiger partial charge on any atom is 0.261 e. The van der Waals surface area contributed by atoms with E-state index < -0.39 is 0 Å². The number of rotatable bonds is 8. The van der Waals surface area contributed by atoms with Crippen molar-refractivity contribution in [2.75, 3.05) is 17.2 Å². The van der Waals surface area contributed by atoms with Crippen molar-refractivity contribution in [3.8, 4) is 5.75 Å². The second kappa shape index (κ2) is 11.0. The number of carbonyl (C=O) groups is 2. The molecule has 2 amide bonds. The van der Waals surface area contributed by atoms with Crippen LogP contribution in [0, 0.1) is 0 Å². The summed E-state index contributed by atoms with van der Waals surface area (Å²) in [7, 11) is 0. The summed E-state index contributed by atoms with van der Waals surface area (Å²) in [5.74, 6) is 0.0248. The Hall–Kier alpha value is -2.93. The first-order valence-electron chi connectivity index (χ1n) is 9.21. The molecule has 2 aromatic carbocycles. The van der Waals surface area contributed by atoms with Gasteiger partial charge in [-0.3, -0.25) is 14.9 Å². The minimum atomic E-state index is -0.346. The van der Waals surface area contributed by atoms with Gasteiger partial charge >= 0.3 is 0 Å². The van der Waals surface area contributed by atoms with E-state index >= 15 is 0 Å². The molecule has 0 aliphatic carbocycles. The van der Waals surface area contributed by atoms with Gasteiger partial charge in [0.2, 0.25) is 5.91 Å². The zero-order chi connectivity index (χ0) is 20.4. The van der Waals surface area contributed by atoms with Crippen LogP contribution in [0.3, 0.4) is 0 Å². The Labute approximate surface area is 170 Å². The van der Waals surface area contributed by atoms with Crippen molar-refractivity contribution in [1.29, 1.82) is 0 Å². The fraction of sp³-hybridized carbons (Fsp3) is 0.286. The summed E-state index contributed by atoms with van der Waals surface area (Å²) in [6.07, 6.45) is 3.13. The van der Waals surface area contributed by atoms with Gasteiger partial charge in [0.25, 0.3) is 5.91 Å². The lowest BCUT2D eigenvalue weighted by atomic mass is 10.2. The van der Waals surface area contributed by atoms with Crippen LogP contribution in [0.25, 0.3) is 0 Å². The predicted octanol–water partition coefficient (Wildman–Crippen LogP) is 4.34. The Balaban J connectivity index is 1.97. The first-order chi connectivity index (χ1) is 13.5. The van der Waals surface area contributed by atoms with Crippen LogP contribution in [0.2, 0.25) is 0 Å².